The lowest BCUT2D eigenvalue weighted by Gasteiger charge is -2.48. The van der Waals surface area contributed by atoms with E-state index in [1.165, 1.54) is 238 Å². The number of hydrogen-bond acceptors (Lipinski definition) is 18. The minimum atomic E-state index is -1.98. The van der Waals surface area contributed by atoms with Gasteiger partial charge in [0.1, 0.15) is 73.2 Å². The number of nitrogens with one attached hydrogen (secondary N) is 1. The molecule has 0 aromatic heterocycles. The second-order valence-electron chi connectivity index (χ2n) is 27.1. The summed E-state index contributed by atoms with van der Waals surface area (Å²) in [5.41, 5.74) is 0. The number of carbonyl (C=O) groups excluding carboxylic acids is 1. The predicted molar refractivity (Wildman–Crippen MR) is 356 cm³/mol. The van der Waals surface area contributed by atoms with Gasteiger partial charge < -0.3 is 89.9 Å². The first-order valence-corrected chi connectivity index (χ1v) is 37.4. The number of unbranched alkanes of at least 4 members (excludes halogenated alkanes) is 43. The van der Waals surface area contributed by atoms with Gasteiger partial charge in [-0.3, -0.25) is 4.79 Å². The topological polar surface area (TPSA) is 307 Å². The van der Waals surface area contributed by atoms with Crippen molar-refractivity contribution in [3.8, 4) is 0 Å². The zero-order chi connectivity index (χ0) is 66.1. The molecule has 1 amide bonds. The van der Waals surface area contributed by atoms with Crippen molar-refractivity contribution >= 4 is 5.91 Å². The third kappa shape index (κ3) is 36.1. The largest absolute Gasteiger partial charge is 0.394 e. The summed E-state index contributed by atoms with van der Waals surface area (Å²) in [7, 11) is 0. The third-order valence-electron chi connectivity index (χ3n) is 19.1. The minimum Gasteiger partial charge on any atom is -0.394 e. The summed E-state index contributed by atoms with van der Waals surface area (Å²) in [6.07, 6.45) is 34.7. The molecule has 0 aromatic carbocycles. The van der Waals surface area contributed by atoms with Gasteiger partial charge in [-0.25, -0.2) is 0 Å². The number of allylic oxidation sites excluding steroid dienone is 1. The normalized spacial score (nSPS) is 27.9. The molecule has 0 aromatic rings. The Balaban J connectivity index is 1.41. The van der Waals surface area contributed by atoms with Crippen LogP contribution in [0.2, 0.25) is 0 Å². The monoisotopic (exact) mass is 1300 g/mol. The molecule has 3 saturated heterocycles. The Bertz CT molecular complexity index is 1700. The first-order chi connectivity index (χ1) is 44.3. The minimum absolute atomic E-state index is 0.250. The van der Waals surface area contributed by atoms with Crippen LogP contribution in [0.25, 0.3) is 0 Å². The number of carbonyl (C=O) groups is 1. The molecule has 3 fully saturated rings. The number of ether oxygens (including phenoxy) is 6. The van der Waals surface area contributed by atoms with Gasteiger partial charge in [-0.1, -0.05) is 296 Å². The van der Waals surface area contributed by atoms with Crippen molar-refractivity contribution < 1.29 is 89.4 Å². The van der Waals surface area contributed by atoms with Crippen molar-refractivity contribution in [3.05, 3.63) is 12.2 Å². The molecular weight excluding hydrogens is 1170 g/mol. The van der Waals surface area contributed by atoms with Gasteiger partial charge in [0.15, 0.2) is 18.9 Å². The summed E-state index contributed by atoms with van der Waals surface area (Å²) in [6, 6.07) is -0.969. The maximum atomic E-state index is 13.4. The molecule has 19 nitrogen and oxygen atoms in total. The van der Waals surface area contributed by atoms with E-state index in [2.05, 4.69) is 19.2 Å². The molecule has 17 unspecified atom stereocenters. The fourth-order valence-electron chi connectivity index (χ4n) is 13.0. The Kier molecular flexibility index (Phi) is 50.2. The smallest absolute Gasteiger partial charge is 0.220 e. The summed E-state index contributed by atoms with van der Waals surface area (Å²) in [5.74, 6) is -0.268. The highest BCUT2D eigenvalue weighted by Crippen LogP contribution is 2.33. The van der Waals surface area contributed by atoms with E-state index in [1.807, 2.05) is 6.08 Å². The molecule has 17 atom stereocenters. The predicted octanol–water partition coefficient (Wildman–Crippen LogP) is 10.8. The van der Waals surface area contributed by atoms with E-state index in [1.54, 1.807) is 6.08 Å². The number of hydrogen-bond donors (Lipinski definition) is 12. The fourth-order valence-corrected chi connectivity index (χ4v) is 13.0. The molecule has 3 heterocycles. The zero-order valence-corrected chi connectivity index (χ0v) is 57.1. The quantitative estimate of drug-likeness (QED) is 0.0199. The molecule has 0 bridgehead atoms. The van der Waals surface area contributed by atoms with Gasteiger partial charge in [-0.15, -0.1) is 0 Å². The van der Waals surface area contributed by atoms with Crippen molar-refractivity contribution in [2.75, 3.05) is 26.4 Å². The van der Waals surface area contributed by atoms with E-state index in [0.717, 1.165) is 44.9 Å². The maximum absolute atomic E-state index is 13.4. The van der Waals surface area contributed by atoms with Crippen LogP contribution in [-0.4, -0.2) is 193 Å². The van der Waals surface area contributed by atoms with E-state index in [0.29, 0.717) is 6.42 Å². The van der Waals surface area contributed by atoms with E-state index >= 15 is 0 Å². The van der Waals surface area contributed by atoms with Crippen molar-refractivity contribution in [1.82, 2.24) is 5.32 Å². The molecule has 12 N–H and O–H groups in total. The van der Waals surface area contributed by atoms with Crippen LogP contribution in [0.1, 0.15) is 309 Å². The number of aliphatic hydroxyl groups is 11. The lowest BCUT2D eigenvalue weighted by Crippen LogP contribution is -2.66. The van der Waals surface area contributed by atoms with E-state index in [4.69, 9.17) is 28.4 Å². The summed E-state index contributed by atoms with van der Waals surface area (Å²) < 4.78 is 34.4. The van der Waals surface area contributed by atoms with Crippen LogP contribution >= 0.6 is 0 Å². The maximum Gasteiger partial charge on any atom is 0.220 e. The summed E-state index contributed by atoms with van der Waals surface area (Å²) >= 11 is 0. The van der Waals surface area contributed by atoms with Crippen LogP contribution < -0.4 is 5.32 Å². The highest BCUT2D eigenvalue weighted by atomic mass is 16.8. The average molecular weight is 1300 g/mol. The zero-order valence-electron chi connectivity index (χ0n) is 57.1. The Hall–Kier alpha value is -1.47. The van der Waals surface area contributed by atoms with Crippen LogP contribution in [0.5, 0.6) is 0 Å². The second-order valence-corrected chi connectivity index (χ2v) is 27.1. The fraction of sp³-hybridized carbons (Fsp3) is 0.958. The summed E-state index contributed by atoms with van der Waals surface area (Å²) in [5, 5.41) is 121. The number of rotatable bonds is 59. The molecule has 0 aliphatic carbocycles. The lowest BCUT2D eigenvalue weighted by atomic mass is 9.96. The molecule has 3 rings (SSSR count). The van der Waals surface area contributed by atoms with E-state index in [-0.39, 0.29) is 18.9 Å². The van der Waals surface area contributed by atoms with Crippen LogP contribution in [0.4, 0.5) is 0 Å². The highest BCUT2D eigenvalue weighted by molar-refractivity contribution is 5.76. The van der Waals surface area contributed by atoms with Crippen LogP contribution in [-0.2, 0) is 33.2 Å². The number of amides is 1. The first kappa shape index (κ1) is 83.8. The van der Waals surface area contributed by atoms with Gasteiger partial charge in [-0.05, 0) is 19.3 Å². The van der Waals surface area contributed by atoms with Crippen LogP contribution in [0, 0.1) is 0 Å². The molecule has 0 radical (unpaired) electrons. The van der Waals surface area contributed by atoms with Crippen molar-refractivity contribution in [1.29, 1.82) is 0 Å². The van der Waals surface area contributed by atoms with Gasteiger partial charge in [0.05, 0.1) is 38.6 Å². The van der Waals surface area contributed by atoms with Crippen molar-refractivity contribution in [2.24, 2.45) is 0 Å². The molecule has 538 valence electrons. The van der Waals surface area contributed by atoms with Crippen LogP contribution in [0.3, 0.4) is 0 Å². The molecule has 19 heteroatoms. The molecule has 0 saturated carbocycles. The van der Waals surface area contributed by atoms with Gasteiger partial charge in [0.2, 0.25) is 5.91 Å². The summed E-state index contributed by atoms with van der Waals surface area (Å²) in [4.78, 5) is 13.4. The highest BCUT2D eigenvalue weighted by Gasteiger charge is 2.53. The Labute approximate surface area is 550 Å². The molecule has 91 heavy (non-hydrogen) atoms. The first-order valence-electron chi connectivity index (χ1n) is 37.4. The SMILES string of the molecule is CCCCCCCCCCCCCCCCCCCCCCCCCC/C=C/C(O)C(COC1OC(CO)C(OC2OC(CO)C(OC3OC(CO)C(O)C(O)C3O)C(O)C2O)C(O)C1O)NC(=O)CCCCCCCCCCCCCCCCCCCCCC. The van der Waals surface area contributed by atoms with Crippen LogP contribution in [0.15, 0.2) is 12.2 Å². The van der Waals surface area contributed by atoms with E-state index < -0.39 is 124 Å². The molecule has 3 aliphatic rings. The Morgan fingerprint density at radius 1 is 0.385 bits per heavy atom. The third-order valence-corrected chi connectivity index (χ3v) is 19.1. The lowest BCUT2D eigenvalue weighted by molar-refractivity contribution is -0.379. The Morgan fingerprint density at radius 2 is 0.681 bits per heavy atom. The van der Waals surface area contributed by atoms with Gasteiger partial charge in [0.25, 0.3) is 0 Å². The van der Waals surface area contributed by atoms with Crippen molar-refractivity contribution in [2.45, 2.75) is 413 Å². The van der Waals surface area contributed by atoms with Gasteiger partial charge in [-0.2, -0.15) is 0 Å². The number of aliphatic hydroxyl groups excluding tert-OH is 11. The standard InChI is InChI=1S/C72H137NO18/c1-3-5-7-9-11-13-15-17-19-21-23-25-26-27-28-29-30-31-33-35-37-39-41-43-45-47-49-56(77)55(73-60(78)50-48-46-44-42-40-38-36-34-32-24-22-20-18-16-14-12-10-8-6-4-2)54-86-70-66(84)63(81)68(58(52-75)88-70)91-72-67(85)64(82)69(59(53-76)89-72)90-71-65(83)62(80)61(79)57(51-74)87-71/h47,49,55-59,61-72,74-77,79-85H,3-46,48,50-54H2,1-2H3,(H,73,78)/b49-47+. The molecular formula is C72H137NO18. The van der Waals surface area contributed by atoms with Gasteiger partial charge in [0, 0.05) is 6.42 Å². The average Bonchev–Trinajstić information content (AvgIpc) is 0.887. The van der Waals surface area contributed by atoms with Gasteiger partial charge >= 0.3 is 0 Å². The Morgan fingerprint density at radius 3 is 1.03 bits per heavy atom. The second kappa shape index (κ2) is 54.5. The van der Waals surface area contributed by atoms with Crippen molar-refractivity contribution in [3.63, 3.8) is 0 Å². The molecule has 3 aliphatic heterocycles. The molecule has 0 spiro atoms. The summed E-state index contributed by atoms with van der Waals surface area (Å²) in [6.45, 7) is 1.79. The van der Waals surface area contributed by atoms with E-state index in [9.17, 15) is 61.0 Å².